The fraction of sp³-hybridized carbons (Fsp3) is 0.524. The number of anilines is 3. The van der Waals surface area contributed by atoms with E-state index < -0.39 is 5.41 Å². The topological polar surface area (TPSA) is 98.6 Å². The molecule has 2 atom stereocenters. The number of pyridine rings is 1. The highest BCUT2D eigenvalue weighted by Gasteiger charge is 2.60. The van der Waals surface area contributed by atoms with Crippen LogP contribution in [0.25, 0.3) is 22.3 Å². The van der Waals surface area contributed by atoms with Crippen LogP contribution in [0, 0.1) is 23.6 Å². The number of likely N-dealkylation sites (tertiary alicyclic amines) is 2. The maximum absolute atomic E-state index is 14.9. The summed E-state index contributed by atoms with van der Waals surface area (Å²) in [7, 11) is 0. The largest absolute Gasteiger partial charge is 0.342 e. The molecule has 2 aliphatic carbocycles. The molecule has 53 heavy (non-hydrogen) atoms. The third-order valence-corrected chi connectivity index (χ3v) is 13.6. The number of carbonyl (C=O) groups excluding carboxylic acids is 2. The van der Waals surface area contributed by atoms with E-state index in [1.165, 1.54) is 25.3 Å². The average molecular weight is 717 g/mol. The number of nitrogens with zero attached hydrogens (tertiary/aromatic N) is 6. The van der Waals surface area contributed by atoms with Gasteiger partial charge in [-0.05, 0) is 120 Å². The van der Waals surface area contributed by atoms with Crippen LogP contribution in [0.15, 0.2) is 54.9 Å². The summed E-state index contributed by atoms with van der Waals surface area (Å²) in [6.45, 7) is 9.63. The molecule has 2 unspecified atom stereocenters. The van der Waals surface area contributed by atoms with E-state index in [9.17, 15) is 14.0 Å². The van der Waals surface area contributed by atoms with E-state index in [1.807, 2.05) is 17.3 Å². The molecule has 2 aromatic heterocycles. The molecule has 2 aromatic carbocycles. The molecular formula is C42H49FN8O2. The van der Waals surface area contributed by atoms with Crippen LogP contribution >= 0.6 is 0 Å². The number of piperidine rings is 3. The summed E-state index contributed by atoms with van der Waals surface area (Å²) in [6.07, 6.45) is 8.92. The minimum absolute atomic E-state index is 0.128. The number of rotatable bonds is 7. The molecule has 2 amide bonds. The average Bonchev–Trinajstić information content (AvgIpc) is 3.44. The maximum Gasteiger partial charge on any atom is 0.238 e. The van der Waals surface area contributed by atoms with Crippen molar-refractivity contribution in [1.82, 2.24) is 29.7 Å². The number of carbonyl (C=O) groups is 2. The lowest BCUT2D eigenvalue weighted by Gasteiger charge is -2.48. The minimum atomic E-state index is -0.632. The number of nitrogens with one attached hydrogen (secondary N) is 2. The maximum atomic E-state index is 14.9. The molecule has 0 radical (unpaired) electrons. The third-order valence-electron chi connectivity index (χ3n) is 13.6. The Labute approximate surface area is 310 Å². The Morgan fingerprint density at radius 3 is 2.45 bits per heavy atom. The van der Waals surface area contributed by atoms with Gasteiger partial charge in [0.1, 0.15) is 11.3 Å². The normalized spacial score (nSPS) is 27.7. The minimum Gasteiger partial charge on any atom is -0.342 e. The molecule has 10 nitrogen and oxygen atoms in total. The highest BCUT2D eigenvalue weighted by atomic mass is 19.1. The first-order valence-electron chi connectivity index (χ1n) is 19.9. The summed E-state index contributed by atoms with van der Waals surface area (Å²) in [5.74, 6) is 1.81. The summed E-state index contributed by atoms with van der Waals surface area (Å²) in [6, 6.07) is 15.8. The lowest BCUT2D eigenvalue weighted by Crippen LogP contribution is -2.58. The van der Waals surface area contributed by atoms with Crippen molar-refractivity contribution in [3.05, 3.63) is 66.2 Å². The molecule has 10 rings (SSSR count). The fourth-order valence-corrected chi connectivity index (χ4v) is 10.4. The van der Waals surface area contributed by atoms with Crippen molar-refractivity contribution < 1.29 is 14.0 Å². The number of hydrogen-bond acceptors (Lipinski definition) is 7. The zero-order valence-corrected chi connectivity index (χ0v) is 30.7. The van der Waals surface area contributed by atoms with E-state index in [1.54, 1.807) is 18.2 Å². The zero-order chi connectivity index (χ0) is 36.0. The lowest BCUT2D eigenvalue weighted by molar-refractivity contribution is -0.137. The van der Waals surface area contributed by atoms with Gasteiger partial charge in [-0.25, -0.2) is 14.4 Å². The molecule has 4 aromatic rings. The van der Waals surface area contributed by atoms with Gasteiger partial charge in [0.05, 0.1) is 28.6 Å². The van der Waals surface area contributed by atoms with Crippen molar-refractivity contribution in [2.45, 2.75) is 82.3 Å². The van der Waals surface area contributed by atoms with Gasteiger partial charge < -0.3 is 29.9 Å². The van der Waals surface area contributed by atoms with Gasteiger partial charge in [-0.3, -0.25) is 9.59 Å². The number of fused-ring (bicyclic) bond motifs is 4. The number of para-hydroxylation sites is 1. The van der Waals surface area contributed by atoms with Gasteiger partial charge >= 0.3 is 0 Å². The summed E-state index contributed by atoms with van der Waals surface area (Å²) in [4.78, 5) is 45.2. The molecule has 6 heterocycles. The lowest BCUT2D eigenvalue weighted by atomic mass is 9.73. The molecule has 276 valence electrons. The molecule has 6 aliphatic rings. The zero-order valence-electron chi connectivity index (χ0n) is 30.7. The Balaban J connectivity index is 1.00. The van der Waals surface area contributed by atoms with Crippen molar-refractivity contribution in [3.8, 4) is 11.3 Å². The molecular weight excluding hydrogens is 668 g/mol. The van der Waals surface area contributed by atoms with Gasteiger partial charge in [0.25, 0.3) is 0 Å². The number of amides is 2. The highest BCUT2D eigenvalue weighted by Crippen LogP contribution is 2.54. The molecule has 1 spiro atoms. The second-order valence-corrected chi connectivity index (χ2v) is 16.8. The van der Waals surface area contributed by atoms with Crippen molar-refractivity contribution >= 4 is 40.0 Å². The summed E-state index contributed by atoms with van der Waals surface area (Å²) >= 11 is 0. The summed E-state index contributed by atoms with van der Waals surface area (Å²) in [5.41, 5.74) is 4.97. The SMILES string of the molecule is CC(C)n1cnc2cc(-c3ccc4c(c3)N([C@H]3C[C@@H](N5CCCCC5)C3)C(=O)C43CCN(C(=O)C4C5CNCC54)CC3)nc(Nc3ccccc3F)c21. The van der Waals surface area contributed by atoms with E-state index in [2.05, 4.69) is 57.0 Å². The van der Waals surface area contributed by atoms with E-state index in [0.717, 1.165) is 66.9 Å². The fourth-order valence-electron chi connectivity index (χ4n) is 10.4. The van der Waals surface area contributed by atoms with Crippen LogP contribution in [0.2, 0.25) is 0 Å². The van der Waals surface area contributed by atoms with Crippen molar-refractivity contribution in [2.75, 3.05) is 49.5 Å². The van der Waals surface area contributed by atoms with Crippen molar-refractivity contribution in [3.63, 3.8) is 0 Å². The second kappa shape index (κ2) is 12.6. The van der Waals surface area contributed by atoms with E-state index in [0.29, 0.717) is 66.9 Å². The first-order chi connectivity index (χ1) is 25.8. The molecule has 0 bridgehead atoms. The molecule has 5 fully saturated rings. The first-order valence-corrected chi connectivity index (χ1v) is 19.9. The van der Waals surface area contributed by atoms with E-state index in [-0.39, 0.29) is 29.7 Å². The highest BCUT2D eigenvalue weighted by molar-refractivity contribution is 6.09. The van der Waals surface area contributed by atoms with Gasteiger partial charge in [0.15, 0.2) is 5.82 Å². The third kappa shape index (κ3) is 5.32. The van der Waals surface area contributed by atoms with Crippen LogP contribution in [0.4, 0.5) is 21.6 Å². The number of aromatic nitrogens is 3. The quantitative estimate of drug-likeness (QED) is 0.233. The van der Waals surface area contributed by atoms with Gasteiger partial charge in [-0.1, -0.05) is 30.7 Å². The Morgan fingerprint density at radius 1 is 0.962 bits per heavy atom. The Hall–Kier alpha value is -4.35. The Kier molecular flexibility index (Phi) is 7.91. The standard InChI is InChI=1S/C42H49FN8O2/c1-25(2)50-24-45-35-21-34(47-39(38(35)50)46-33-9-5-4-8-32(33)43)26-10-11-31-36(18-26)51(28-19-27(20-28)48-14-6-3-7-15-48)41(53)42(31)12-16-49(17-13-42)40(52)37-29-22-44-23-30(29)37/h4-5,8-11,18,21,24-25,27-30,37,44H,3,6-7,12-17,19-20,22-23H2,1-2H3,(H,46,47)/t27-,28+,29?,30?,37?. The smallest absolute Gasteiger partial charge is 0.238 e. The molecule has 11 heteroatoms. The van der Waals surface area contributed by atoms with Crippen molar-refractivity contribution in [2.24, 2.45) is 17.8 Å². The molecule has 2 N–H and O–H groups in total. The van der Waals surface area contributed by atoms with Crippen molar-refractivity contribution in [1.29, 1.82) is 0 Å². The van der Waals surface area contributed by atoms with Gasteiger partial charge in [-0.2, -0.15) is 0 Å². The Morgan fingerprint density at radius 2 is 1.72 bits per heavy atom. The number of hydrogen-bond donors (Lipinski definition) is 2. The molecule has 3 saturated heterocycles. The first kappa shape index (κ1) is 33.2. The van der Waals surface area contributed by atoms with Crippen LogP contribution in [0.1, 0.15) is 70.4 Å². The number of benzene rings is 2. The monoisotopic (exact) mass is 716 g/mol. The van der Waals surface area contributed by atoms with Gasteiger partial charge in [0, 0.05) is 48.4 Å². The summed E-state index contributed by atoms with van der Waals surface area (Å²) in [5, 5.41) is 6.69. The van der Waals surface area contributed by atoms with E-state index >= 15 is 0 Å². The number of imidazole rings is 1. The predicted molar refractivity (Wildman–Crippen MR) is 204 cm³/mol. The van der Waals surface area contributed by atoms with Crippen LogP contribution < -0.4 is 15.5 Å². The van der Waals surface area contributed by atoms with Gasteiger partial charge in [0.2, 0.25) is 11.8 Å². The summed E-state index contributed by atoms with van der Waals surface area (Å²) < 4.78 is 17.0. The van der Waals surface area contributed by atoms with Gasteiger partial charge in [-0.15, -0.1) is 0 Å². The van der Waals surface area contributed by atoms with Crippen LogP contribution in [-0.2, 0) is 15.0 Å². The van der Waals surface area contributed by atoms with Crippen LogP contribution in [-0.4, -0.2) is 87.5 Å². The van der Waals surface area contributed by atoms with Crippen LogP contribution in [0.3, 0.4) is 0 Å². The van der Waals surface area contributed by atoms with E-state index in [4.69, 9.17) is 9.97 Å². The number of halogens is 1. The van der Waals surface area contributed by atoms with Crippen LogP contribution in [0.5, 0.6) is 0 Å². The molecule has 4 aliphatic heterocycles. The molecule has 2 saturated carbocycles. The Bertz CT molecular complexity index is 2080. The second-order valence-electron chi connectivity index (χ2n) is 16.8. The predicted octanol–water partition coefficient (Wildman–Crippen LogP) is 6.25.